The van der Waals surface area contributed by atoms with Gasteiger partial charge in [0, 0.05) is 19.1 Å². The first-order chi connectivity index (χ1) is 11.9. The molecule has 2 aliphatic heterocycles. The van der Waals surface area contributed by atoms with Gasteiger partial charge in [-0.3, -0.25) is 4.79 Å². The van der Waals surface area contributed by atoms with Gasteiger partial charge in [0.2, 0.25) is 10.0 Å². The van der Waals surface area contributed by atoms with Gasteiger partial charge in [-0.1, -0.05) is 6.07 Å². The number of sulfonamides is 1. The highest BCUT2D eigenvalue weighted by Crippen LogP contribution is 2.24. The number of carboxylic acids is 1. The van der Waals surface area contributed by atoms with E-state index in [1.54, 1.807) is 22.4 Å². The van der Waals surface area contributed by atoms with Gasteiger partial charge >= 0.3 is 5.97 Å². The highest BCUT2D eigenvalue weighted by Gasteiger charge is 2.38. The van der Waals surface area contributed by atoms with Gasteiger partial charge in [0.05, 0.1) is 0 Å². The maximum Gasteiger partial charge on any atom is 0.332 e. The third-order valence-corrected chi connectivity index (χ3v) is 7.38. The molecule has 2 saturated heterocycles. The molecule has 0 radical (unpaired) electrons. The average Bonchev–Trinajstić information content (AvgIpc) is 3.26. The molecule has 10 heteroatoms. The predicted octanol–water partition coefficient (Wildman–Crippen LogP) is 0.650. The first-order valence-electron chi connectivity index (χ1n) is 8.10. The summed E-state index contributed by atoms with van der Waals surface area (Å²) >= 11 is 1.16. The Morgan fingerprint density at radius 2 is 1.88 bits per heavy atom. The number of hydrogen-bond acceptors (Lipinski definition) is 6. The molecule has 1 aromatic rings. The highest BCUT2D eigenvalue weighted by molar-refractivity contribution is 7.91. The number of nitrogens with one attached hydrogen (secondary N) is 1. The minimum absolute atomic E-state index is 0.205. The number of aliphatic carboxylic acids is 1. The number of ether oxygens (including phenoxy) is 1. The zero-order valence-corrected chi connectivity index (χ0v) is 15.1. The van der Waals surface area contributed by atoms with Gasteiger partial charge in [-0.05, 0) is 37.1 Å². The van der Waals surface area contributed by atoms with Crippen molar-refractivity contribution in [3.05, 3.63) is 17.5 Å². The van der Waals surface area contributed by atoms with E-state index in [0.29, 0.717) is 38.8 Å². The summed E-state index contributed by atoms with van der Waals surface area (Å²) in [5.74, 6) is -1.25. The largest absolute Gasteiger partial charge is 0.479 e. The Labute approximate surface area is 149 Å². The number of carbonyl (C=O) groups is 2. The van der Waals surface area contributed by atoms with Crippen molar-refractivity contribution >= 4 is 33.2 Å². The fourth-order valence-corrected chi connectivity index (χ4v) is 5.43. The van der Waals surface area contributed by atoms with Crippen LogP contribution in [0.5, 0.6) is 0 Å². The van der Waals surface area contributed by atoms with E-state index in [1.807, 2.05) is 0 Å². The Bertz CT molecular complexity index is 725. The van der Waals surface area contributed by atoms with E-state index >= 15 is 0 Å². The van der Waals surface area contributed by atoms with Crippen LogP contribution < -0.4 is 4.72 Å². The summed E-state index contributed by atoms with van der Waals surface area (Å²) in [4.78, 5) is 25.0. The number of piperidine rings is 1. The number of hydrogen-bond donors (Lipinski definition) is 2. The molecule has 138 valence electrons. The topological polar surface area (TPSA) is 113 Å². The predicted molar refractivity (Wildman–Crippen MR) is 89.8 cm³/mol. The molecule has 0 aromatic carbocycles. The lowest BCUT2D eigenvalue weighted by Crippen LogP contribution is -2.49. The number of carbonyl (C=O) groups excluding carboxylic acids is 1. The third kappa shape index (κ3) is 4.20. The van der Waals surface area contributed by atoms with Crippen LogP contribution in [0.4, 0.5) is 0 Å². The van der Waals surface area contributed by atoms with Crippen LogP contribution in [0.1, 0.15) is 25.7 Å². The van der Waals surface area contributed by atoms with Crippen molar-refractivity contribution < 1.29 is 27.9 Å². The summed E-state index contributed by atoms with van der Waals surface area (Å²) in [5, 5.41) is 10.6. The molecule has 25 heavy (non-hydrogen) atoms. The van der Waals surface area contributed by atoms with E-state index in [2.05, 4.69) is 4.72 Å². The summed E-state index contributed by atoms with van der Waals surface area (Å²) in [5.41, 5.74) is 0. The minimum atomic E-state index is -3.51. The van der Waals surface area contributed by atoms with E-state index in [9.17, 15) is 18.0 Å². The van der Waals surface area contributed by atoms with Crippen molar-refractivity contribution in [3.63, 3.8) is 0 Å². The fourth-order valence-electron chi connectivity index (χ4n) is 3.12. The van der Waals surface area contributed by atoms with Crippen LogP contribution in [0.25, 0.3) is 0 Å². The van der Waals surface area contributed by atoms with Crippen LogP contribution in [-0.4, -0.2) is 61.6 Å². The van der Waals surface area contributed by atoms with Gasteiger partial charge in [-0.2, -0.15) is 0 Å². The molecule has 0 saturated carbocycles. The maximum absolute atomic E-state index is 12.4. The zero-order valence-electron chi connectivity index (χ0n) is 13.5. The first kappa shape index (κ1) is 18.3. The monoisotopic (exact) mass is 388 g/mol. The zero-order chi connectivity index (χ0) is 18.0. The van der Waals surface area contributed by atoms with E-state index in [4.69, 9.17) is 9.84 Å². The number of amides is 1. The molecule has 2 aliphatic rings. The van der Waals surface area contributed by atoms with Gasteiger partial charge in [-0.15, -0.1) is 11.3 Å². The lowest BCUT2D eigenvalue weighted by Gasteiger charge is -2.33. The molecular weight excluding hydrogens is 368 g/mol. The molecule has 3 heterocycles. The molecular formula is C15H20N2O6S2. The first-order valence-corrected chi connectivity index (χ1v) is 10.5. The Morgan fingerprint density at radius 1 is 1.20 bits per heavy atom. The summed E-state index contributed by atoms with van der Waals surface area (Å²) in [6, 6.07) is 3.03. The molecule has 1 aromatic heterocycles. The van der Waals surface area contributed by atoms with Crippen molar-refractivity contribution in [2.24, 2.45) is 0 Å². The number of likely N-dealkylation sites (tertiary alicyclic amines) is 1. The van der Waals surface area contributed by atoms with Gasteiger partial charge in [0.15, 0.2) is 6.10 Å². The molecule has 1 amide bonds. The van der Waals surface area contributed by atoms with Gasteiger partial charge in [0.25, 0.3) is 5.91 Å². The molecule has 3 rings (SSSR count). The summed E-state index contributed by atoms with van der Waals surface area (Å²) in [7, 11) is -3.51. The second-order valence-corrected chi connectivity index (χ2v) is 9.07. The fraction of sp³-hybridized carbons (Fsp3) is 0.600. The normalized spacial score (nSPS) is 25.2. The van der Waals surface area contributed by atoms with E-state index in [1.165, 1.54) is 0 Å². The van der Waals surface area contributed by atoms with Crippen molar-refractivity contribution in [1.29, 1.82) is 0 Å². The summed E-state index contributed by atoms with van der Waals surface area (Å²) in [6.07, 6.45) is 0.157. The summed E-state index contributed by atoms with van der Waals surface area (Å²) < 4.78 is 32.7. The van der Waals surface area contributed by atoms with E-state index in [0.717, 1.165) is 11.3 Å². The maximum atomic E-state index is 12.4. The van der Waals surface area contributed by atoms with Crippen LogP contribution in [0.2, 0.25) is 0 Å². The smallest absolute Gasteiger partial charge is 0.332 e. The van der Waals surface area contributed by atoms with Crippen LogP contribution in [0, 0.1) is 0 Å². The number of nitrogens with zero attached hydrogens (tertiary/aromatic N) is 1. The summed E-state index contributed by atoms with van der Waals surface area (Å²) in [6.45, 7) is 0.849. The highest BCUT2D eigenvalue weighted by atomic mass is 32.2. The van der Waals surface area contributed by atoms with Gasteiger partial charge < -0.3 is 14.7 Å². The minimum Gasteiger partial charge on any atom is -0.479 e. The second-order valence-electron chi connectivity index (χ2n) is 6.18. The molecule has 0 bridgehead atoms. The SMILES string of the molecule is O=C(O)[C@H]1CC[C@@H](C(=O)N2CCC(NS(=O)(=O)c3cccs3)CC2)O1. The number of thiophene rings is 1. The number of carboxylic acid groups (broad SMARTS) is 1. The third-order valence-electron chi connectivity index (χ3n) is 4.46. The van der Waals surface area contributed by atoms with Gasteiger partial charge in [0.1, 0.15) is 10.3 Å². The van der Waals surface area contributed by atoms with Crippen LogP contribution >= 0.6 is 11.3 Å². The molecule has 0 aliphatic carbocycles. The number of rotatable bonds is 5. The molecule has 0 unspecified atom stereocenters. The quantitative estimate of drug-likeness (QED) is 0.766. The van der Waals surface area contributed by atoms with Crippen LogP contribution in [-0.2, 0) is 24.3 Å². The van der Waals surface area contributed by atoms with Crippen LogP contribution in [0.15, 0.2) is 21.7 Å². The van der Waals surface area contributed by atoms with Crippen molar-refractivity contribution in [3.8, 4) is 0 Å². The Morgan fingerprint density at radius 3 is 2.44 bits per heavy atom. The standard InChI is InChI=1S/C15H20N2O6S2/c18-14(11-3-4-12(23-11)15(19)20)17-7-5-10(6-8-17)16-25(21,22)13-2-1-9-24-13/h1-2,9-12,16H,3-8H2,(H,19,20)/t11-,12+/m0/s1. The van der Waals surface area contributed by atoms with Crippen LogP contribution in [0.3, 0.4) is 0 Å². The van der Waals surface area contributed by atoms with E-state index in [-0.39, 0.29) is 16.2 Å². The average molecular weight is 388 g/mol. The molecule has 0 spiro atoms. The Kier molecular flexibility index (Phi) is 5.42. The Balaban J connectivity index is 1.50. The lowest BCUT2D eigenvalue weighted by molar-refractivity contribution is -0.155. The van der Waals surface area contributed by atoms with Crippen molar-refractivity contribution in [2.45, 2.75) is 48.1 Å². The molecule has 2 atom stereocenters. The molecule has 2 fully saturated rings. The molecule has 2 N–H and O–H groups in total. The second kappa shape index (κ2) is 7.40. The van der Waals surface area contributed by atoms with E-state index < -0.39 is 28.2 Å². The van der Waals surface area contributed by atoms with Crippen molar-refractivity contribution in [1.82, 2.24) is 9.62 Å². The van der Waals surface area contributed by atoms with Crippen molar-refractivity contribution in [2.75, 3.05) is 13.1 Å². The Hall–Kier alpha value is -1.49. The molecule has 8 nitrogen and oxygen atoms in total. The lowest BCUT2D eigenvalue weighted by atomic mass is 10.0. The van der Waals surface area contributed by atoms with Gasteiger partial charge in [-0.25, -0.2) is 17.9 Å².